The Bertz CT molecular complexity index is 425. The molecule has 0 saturated heterocycles. The first-order chi connectivity index (χ1) is 8.38. The van der Waals surface area contributed by atoms with E-state index in [-0.39, 0.29) is 18.2 Å². The molecule has 0 aliphatic heterocycles. The molecule has 0 aromatic carbocycles. The van der Waals surface area contributed by atoms with Gasteiger partial charge in [-0.2, -0.15) is 0 Å². The number of aromatic nitrogens is 1. The normalized spacial score (nSPS) is 12.4. The molecule has 18 heavy (non-hydrogen) atoms. The highest BCUT2D eigenvalue weighted by Gasteiger charge is 2.21. The van der Waals surface area contributed by atoms with Gasteiger partial charge in [0, 0.05) is 6.07 Å². The van der Waals surface area contributed by atoms with Crippen LogP contribution in [-0.2, 0) is 16.0 Å². The highest BCUT2D eigenvalue weighted by atomic mass is 16.5. The Morgan fingerprint density at radius 1 is 1.50 bits per heavy atom. The van der Waals surface area contributed by atoms with Gasteiger partial charge in [0.05, 0.1) is 12.1 Å². The standard InChI is InChI=1S/C12H18N2O4/c1-7(2)4-10(12(16)17)13-11(15)6-9-5-8(3)18-14-9/h5,7,10H,4,6H2,1-3H3,(H,13,15)(H,16,17). The van der Waals surface area contributed by atoms with Crippen molar-refractivity contribution in [2.45, 2.75) is 39.7 Å². The molecule has 1 rings (SSSR count). The molecule has 1 aromatic heterocycles. The average Bonchev–Trinajstić information content (AvgIpc) is 2.62. The fourth-order valence-corrected chi connectivity index (χ4v) is 1.60. The van der Waals surface area contributed by atoms with E-state index in [1.54, 1.807) is 13.0 Å². The number of carboxylic acid groups (broad SMARTS) is 1. The highest BCUT2D eigenvalue weighted by Crippen LogP contribution is 2.06. The van der Waals surface area contributed by atoms with Crippen LogP contribution in [0.1, 0.15) is 31.7 Å². The lowest BCUT2D eigenvalue weighted by molar-refractivity contribution is -0.142. The SMILES string of the molecule is Cc1cc(CC(=O)NC(CC(C)C)C(=O)O)no1. The fraction of sp³-hybridized carbons (Fsp3) is 0.583. The average molecular weight is 254 g/mol. The van der Waals surface area contributed by atoms with E-state index >= 15 is 0 Å². The minimum atomic E-state index is -1.02. The van der Waals surface area contributed by atoms with Crippen LogP contribution in [0.5, 0.6) is 0 Å². The van der Waals surface area contributed by atoms with Gasteiger partial charge in [-0.25, -0.2) is 4.79 Å². The van der Waals surface area contributed by atoms with Gasteiger partial charge >= 0.3 is 5.97 Å². The van der Waals surface area contributed by atoms with Gasteiger partial charge in [0.2, 0.25) is 5.91 Å². The smallest absolute Gasteiger partial charge is 0.326 e. The van der Waals surface area contributed by atoms with Crippen LogP contribution in [-0.4, -0.2) is 28.2 Å². The number of nitrogens with one attached hydrogen (secondary N) is 1. The summed E-state index contributed by atoms with van der Waals surface area (Å²) in [6, 6.07) is 0.795. The highest BCUT2D eigenvalue weighted by molar-refractivity contribution is 5.84. The lowest BCUT2D eigenvalue weighted by Crippen LogP contribution is -2.42. The molecule has 0 radical (unpaired) electrons. The maximum Gasteiger partial charge on any atom is 0.326 e. The van der Waals surface area contributed by atoms with E-state index in [1.807, 2.05) is 13.8 Å². The summed E-state index contributed by atoms with van der Waals surface area (Å²) in [7, 11) is 0. The number of amides is 1. The van der Waals surface area contributed by atoms with Crippen molar-refractivity contribution >= 4 is 11.9 Å². The third-order valence-corrected chi connectivity index (χ3v) is 2.36. The number of hydrogen-bond acceptors (Lipinski definition) is 4. The molecule has 1 heterocycles. The zero-order valence-corrected chi connectivity index (χ0v) is 10.8. The molecule has 0 spiro atoms. The van der Waals surface area contributed by atoms with Gasteiger partial charge < -0.3 is 14.9 Å². The fourth-order valence-electron chi connectivity index (χ4n) is 1.60. The van der Waals surface area contributed by atoms with Crippen molar-refractivity contribution in [3.8, 4) is 0 Å². The summed E-state index contributed by atoms with van der Waals surface area (Å²) in [5.74, 6) is -0.569. The van der Waals surface area contributed by atoms with Crippen LogP contribution in [0.4, 0.5) is 0 Å². The van der Waals surface area contributed by atoms with Gasteiger partial charge in [0.15, 0.2) is 0 Å². The van der Waals surface area contributed by atoms with E-state index in [2.05, 4.69) is 10.5 Å². The molecular formula is C12H18N2O4. The molecule has 6 heteroatoms. The van der Waals surface area contributed by atoms with Gasteiger partial charge in [-0.05, 0) is 19.3 Å². The van der Waals surface area contributed by atoms with Crippen molar-refractivity contribution in [1.82, 2.24) is 10.5 Å². The Morgan fingerprint density at radius 2 is 2.17 bits per heavy atom. The molecule has 0 bridgehead atoms. The van der Waals surface area contributed by atoms with Crippen molar-refractivity contribution in [2.24, 2.45) is 5.92 Å². The van der Waals surface area contributed by atoms with Crippen LogP contribution >= 0.6 is 0 Å². The predicted octanol–water partition coefficient (Wildman–Crippen LogP) is 1.14. The van der Waals surface area contributed by atoms with Gasteiger partial charge in [0.25, 0.3) is 0 Å². The van der Waals surface area contributed by atoms with Crippen LogP contribution in [0.25, 0.3) is 0 Å². The number of carbonyl (C=O) groups excluding carboxylic acids is 1. The van der Waals surface area contributed by atoms with E-state index in [9.17, 15) is 9.59 Å². The molecule has 1 aromatic rings. The molecule has 6 nitrogen and oxygen atoms in total. The Morgan fingerprint density at radius 3 is 2.61 bits per heavy atom. The quantitative estimate of drug-likeness (QED) is 0.794. The van der Waals surface area contributed by atoms with Gasteiger partial charge in [-0.1, -0.05) is 19.0 Å². The van der Waals surface area contributed by atoms with Crippen molar-refractivity contribution in [3.63, 3.8) is 0 Å². The third kappa shape index (κ3) is 4.57. The Kier molecular flexibility index (Phi) is 4.88. The summed E-state index contributed by atoms with van der Waals surface area (Å²) < 4.78 is 4.84. The first-order valence-corrected chi connectivity index (χ1v) is 5.83. The number of rotatable bonds is 6. The van der Waals surface area contributed by atoms with E-state index in [0.717, 1.165) is 0 Å². The van der Waals surface area contributed by atoms with Crippen molar-refractivity contribution in [1.29, 1.82) is 0 Å². The maximum atomic E-state index is 11.7. The summed E-state index contributed by atoms with van der Waals surface area (Å²) in [6.45, 7) is 5.54. The summed E-state index contributed by atoms with van der Waals surface area (Å²) in [5.41, 5.74) is 0.499. The van der Waals surface area contributed by atoms with Crippen LogP contribution in [0, 0.1) is 12.8 Å². The largest absolute Gasteiger partial charge is 0.480 e. The van der Waals surface area contributed by atoms with Gasteiger partial charge in [0.1, 0.15) is 11.8 Å². The second kappa shape index (κ2) is 6.18. The topological polar surface area (TPSA) is 92.4 Å². The first kappa shape index (κ1) is 14.2. The van der Waals surface area contributed by atoms with E-state index in [4.69, 9.17) is 9.63 Å². The summed E-state index contributed by atoms with van der Waals surface area (Å²) in [5, 5.41) is 15.2. The van der Waals surface area contributed by atoms with E-state index < -0.39 is 12.0 Å². The number of carboxylic acids is 1. The second-order valence-corrected chi connectivity index (χ2v) is 4.69. The maximum absolute atomic E-state index is 11.7. The van der Waals surface area contributed by atoms with E-state index in [1.165, 1.54) is 0 Å². The molecule has 1 amide bonds. The molecule has 0 saturated carbocycles. The molecule has 0 aliphatic carbocycles. The van der Waals surface area contributed by atoms with Crippen molar-refractivity contribution in [2.75, 3.05) is 0 Å². The lowest BCUT2D eigenvalue weighted by Gasteiger charge is -2.15. The van der Waals surface area contributed by atoms with Crippen LogP contribution in [0.3, 0.4) is 0 Å². The number of aliphatic carboxylic acids is 1. The first-order valence-electron chi connectivity index (χ1n) is 5.83. The second-order valence-electron chi connectivity index (χ2n) is 4.69. The Balaban J connectivity index is 2.53. The molecule has 1 atom stereocenters. The lowest BCUT2D eigenvalue weighted by atomic mass is 10.0. The van der Waals surface area contributed by atoms with E-state index in [0.29, 0.717) is 17.9 Å². The van der Waals surface area contributed by atoms with Gasteiger partial charge in [-0.15, -0.1) is 0 Å². The Hall–Kier alpha value is -1.85. The molecular weight excluding hydrogens is 236 g/mol. The summed E-state index contributed by atoms with van der Waals surface area (Å²) >= 11 is 0. The molecule has 100 valence electrons. The van der Waals surface area contributed by atoms with Crippen molar-refractivity contribution in [3.05, 3.63) is 17.5 Å². The molecule has 2 N–H and O–H groups in total. The molecule has 0 fully saturated rings. The molecule has 0 aliphatic rings. The number of aryl methyl sites for hydroxylation is 1. The minimum Gasteiger partial charge on any atom is -0.480 e. The molecule has 1 unspecified atom stereocenters. The predicted molar refractivity (Wildman–Crippen MR) is 64.0 cm³/mol. The minimum absolute atomic E-state index is 0.0270. The van der Waals surface area contributed by atoms with Crippen LogP contribution in [0.2, 0.25) is 0 Å². The number of carbonyl (C=O) groups is 2. The number of hydrogen-bond donors (Lipinski definition) is 2. The van der Waals surface area contributed by atoms with Gasteiger partial charge in [-0.3, -0.25) is 4.79 Å². The monoisotopic (exact) mass is 254 g/mol. The van der Waals surface area contributed by atoms with Crippen LogP contribution in [0.15, 0.2) is 10.6 Å². The number of nitrogens with zero attached hydrogens (tertiary/aromatic N) is 1. The summed E-state index contributed by atoms with van der Waals surface area (Å²) in [4.78, 5) is 22.6. The zero-order valence-electron chi connectivity index (χ0n) is 10.8. The van der Waals surface area contributed by atoms with Crippen LogP contribution < -0.4 is 5.32 Å². The zero-order chi connectivity index (χ0) is 13.7. The third-order valence-electron chi connectivity index (χ3n) is 2.36. The Labute approximate surface area is 105 Å². The van der Waals surface area contributed by atoms with Crippen molar-refractivity contribution < 1.29 is 19.2 Å². The summed E-state index contributed by atoms with van der Waals surface area (Å²) in [6.07, 6.45) is 0.429.